The van der Waals surface area contributed by atoms with E-state index < -0.39 is 12.1 Å². The number of aliphatic hydroxyl groups excluding tert-OH is 1. The van der Waals surface area contributed by atoms with Crippen LogP contribution < -0.4 is 9.47 Å². The van der Waals surface area contributed by atoms with E-state index in [2.05, 4.69) is 0 Å². The first-order chi connectivity index (χ1) is 15.0. The minimum Gasteiger partial charge on any atom is -0.491 e. The van der Waals surface area contributed by atoms with E-state index in [-0.39, 0.29) is 37.9 Å². The van der Waals surface area contributed by atoms with Gasteiger partial charge in [-0.2, -0.15) is 0 Å². The number of ether oxygens (including phenoxy) is 4. The number of ketones is 1. The summed E-state index contributed by atoms with van der Waals surface area (Å²) in [7, 11) is 0. The van der Waals surface area contributed by atoms with Crippen LogP contribution in [-0.2, 0) is 25.5 Å². The Balaban J connectivity index is 1.36. The van der Waals surface area contributed by atoms with E-state index in [1.54, 1.807) is 0 Å². The van der Waals surface area contributed by atoms with Crippen LogP contribution in [0.4, 0.5) is 0 Å². The molecule has 0 amide bonds. The summed E-state index contributed by atoms with van der Waals surface area (Å²) in [5.74, 6) is 0.882. The third-order valence-corrected chi connectivity index (χ3v) is 4.65. The maximum atomic E-state index is 11.5. The Morgan fingerprint density at radius 1 is 0.968 bits per heavy atom. The molecule has 1 aliphatic heterocycles. The zero-order valence-electron chi connectivity index (χ0n) is 17.6. The van der Waals surface area contributed by atoms with Crippen molar-refractivity contribution >= 4 is 11.8 Å². The van der Waals surface area contributed by atoms with Crippen LogP contribution in [0.5, 0.6) is 11.5 Å². The summed E-state index contributed by atoms with van der Waals surface area (Å²) in [4.78, 5) is 22.3. The molecule has 2 aromatic carbocycles. The second-order valence-corrected chi connectivity index (χ2v) is 7.58. The van der Waals surface area contributed by atoms with Gasteiger partial charge in [0, 0.05) is 6.42 Å². The third kappa shape index (κ3) is 8.78. The first kappa shape index (κ1) is 22.8. The number of Topliss-reactive ketones (excluding diaryl/α,β-unsaturated/α-hetero) is 1. The fraction of sp³-hybridized carbons (Fsp3) is 0.417. The molecule has 0 spiro atoms. The number of esters is 1. The Hall–Kier alpha value is -2.90. The molecule has 166 valence electrons. The summed E-state index contributed by atoms with van der Waals surface area (Å²) < 4.78 is 21.3. The highest BCUT2D eigenvalue weighted by Gasteiger charge is 2.22. The molecule has 1 fully saturated rings. The lowest BCUT2D eigenvalue weighted by atomic mass is 10.0. The monoisotopic (exact) mass is 428 g/mol. The SMILES string of the molecule is CC(=O)CCC(=O)OCC(O)COc1ccc(Cc2ccc(OCC3CO3)cc2)cc1. The summed E-state index contributed by atoms with van der Waals surface area (Å²) in [6.07, 6.45) is 0.258. The van der Waals surface area contributed by atoms with Crippen molar-refractivity contribution in [2.45, 2.75) is 38.4 Å². The van der Waals surface area contributed by atoms with Crippen LogP contribution in [0.15, 0.2) is 48.5 Å². The van der Waals surface area contributed by atoms with Gasteiger partial charge in [-0.05, 0) is 48.7 Å². The predicted octanol–water partition coefficient (Wildman–Crippen LogP) is 2.71. The van der Waals surface area contributed by atoms with Crippen LogP contribution in [-0.4, -0.2) is 55.5 Å². The Bertz CT molecular complexity index is 841. The molecule has 2 unspecified atom stereocenters. The van der Waals surface area contributed by atoms with Crippen LogP contribution in [0.2, 0.25) is 0 Å². The van der Waals surface area contributed by atoms with Gasteiger partial charge in [0.25, 0.3) is 0 Å². The summed E-state index contributed by atoms with van der Waals surface area (Å²) in [6.45, 7) is 2.64. The standard InChI is InChI=1S/C24H28O7/c1-17(25)2-11-24(27)31-14-20(26)13-28-21-7-3-18(4-8-21)12-19-5-9-22(10-6-19)29-15-23-16-30-23/h3-10,20,23,26H,2,11-16H2,1H3. The molecule has 31 heavy (non-hydrogen) atoms. The second kappa shape index (κ2) is 11.5. The highest BCUT2D eigenvalue weighted by molar-refractivity contribution is 5.80. The van der Waals surface area contributed by atoms with Crippen LogP contribution in [0.1, 0.15) is 30.9 Å². The average molecular weight is 428 g/mol. The Morgan fingerprint density at radius 3 is 2.10 bits per heavy atom. The number of aliphatic hydroxyl groups is 1. The molecular formula is C24H28O7. The van der Waals surface area contributed by atoms with Gasteiger partial charge in [-0.15, -0.1) is 0 Å². The van der Waals surface area contributed by atoms with Crippen molar-refractivity contribution in [3.8, 4) is 11.5 Å². The van der Waals surface area contributed by atoms with Gasteiger partial charge in [0.1, 0.15) is 49.3 Å². The first-order valence-corrected chi connectivity index (χ1v) is 10.4. The topological polar surface area (TPSA) is 94.6 Å². The van der Waals surface area contributed by atoms with Crippen molar-refractivity contribution in [2.75, 3.05) is 26.4 Å². The lowest BCUT2D eigenvalue weighted by Gasteiger charge is -2.13. The summed E-state index contributed by atoms with van der Waals surface area (Å²) in [5.41, 5.74) is 2.30. The van der Waals surface area contributed by atoms with Gasteiger partial charge in [-0.25, -0.2) is 0 Å². The predicted molar refractivity (Wildman–Crippen MR) is 113 cm³/mol. The third-order valence-electron chi connectivity index (χ3n) is 4.65. The van der Waals surface area contributed by atoms with Gasteiger partial charge in [0.05, 0.1) is 13.0 Å². The normalized spacial score (nSPS) is 15.7. The van der Waals surface area contributed by atoms with Crippen LogP contribution in [0.3, 0.4) is 0 Å². The molecule has 1 heterocycles. The number of benzene rings is 2. The van der Waals surface area contributed by atoms with Crippen LogP contribution >= 0.6 is 0 Å². The van der Waals surface area contributed by atoms with Crippen molar-refractivity contribution in [1.82, 2.24) is 0 Å². The zero-order valence-corrected chi connectivity index (χ0v) is 17.6. The Kier molecular flexibility index (Phi) is 8.44. The molecule has 0 aromatic heterocycles. The van der Waals surface area contributed by atoms with Gasteiger partial charge in [-0.3, -0.25) is 4.79 Å². The lowest BCUT2D eigenvalue weighted by Crippen LogP contribution is -2.25. The van der Waals surface area contributed by atoms with Gasteiger partial charge in [0.15, 0.2) is 0 Å². The Labute approximate surface area is 181 Å². The van der Waals surface area contributed by atoms with Gasteiger partial charge >= 0.3 is 5.97 Å². The van der Waals surface area contributed by atoms with E-state index in [4.69, 9.17) is 18.9 Å². The highest BCUT2D eigenvalue weighted by atomic mass is 16.6. The molecule has 2 atom stereocenters. The Morgan fingerprint density at radius 2 is 1.55 bits per heavy atom. The van der Waals surface area contributed by atoms with E-state index in [0.29, 0.717) is 12.4 Å². The summed E-state index contributed by atoms with van der Waals surface area (Å²) >= 11 is 0. The number of hydrogen-bond acceptors (Lipinski definition) is 7. The number of hydrogen-bond donors (Lipinski definition) is 1. The molecule has 0 saturated carbocycles. The number of rotatable bonds is 13. The van der Waals surface area contributed by atoms with E-state index in [0.717, 1.165) is 24.3 Å². The fourth-order valence-electron chi connectivity index (χ4n) is 2.78. The number of epoxide rings is 1. The summed E-state index contributed by atoms with van der Waals surface area (Å²) in [5, 5.41) is 9.89. The molecule has 1 aliphatic rings. The van der Waals surface area contributed by atoms with Gasteiger partial charge in [0.2, 0.25) is 0 Å². The molecular weight excluding hydrogens is 400 g/mol. The summed E-state index contributed by atoms with van der Waals surface area (Å²) in [6, 6.07) is 15.6. The molecule has 3 rings (SSSR count). The molecule has 2 aromatic rings. The second-order valence-electron chi connectivity index (χ2n) is 7.58. The molecule has 0 bridgehead atoms. The molecule has 7 heteroatoms. The molecule has 0 radical (unpaired) electrons. The van der Waals surface area contributed by atoms with Crippen molar-refractivity contribution in [1.29, 1.82) is 0 Å². The maximum Gasteiger partial charge on any atom is 0.306 e. The fourth-order valence-corrected chi connectivity index (χ4v) is 2.78. The van der Waals surface area contributed by atoms with Crippen molar-refractivity contribution < 1.29 is 33.6 Å². The van der Waals surface area contributed by atoms with E-state index >= 15 is 0 Å². The van der Waals surface area contributed by atoms with E-state index in [1.807, 2.05) is 48.5 Å². The molecule has 0 aliphatic carbocycles. The van der Waals surface area contributed by atoms with E-state index in [1.165, 1.54) is 12.5 Å². The molecule has 7 nitrogen and oxygen atoms in total. The van der Waals surface area contributed by atoms with E-state index in [9.17, 15) is 14.7 Å². The smallest absolute Gasteiger partial charge is 0.306 e. The number of carbonyl (C=O) groups is 2. The minimum absolute atomic E-state index is 0.00664. The maximum absolute atomic E-state index is 11.5. The minimum atomic E-state index is -0.937. The quantitative estimate of drug-likeness (QED) is 0.387. The van der Waals surface area contributed by atoms with Gasteiger partial charge in [-0.1, -0.05) is 24.3 Å². The number of carbonyl (C=O) groups excluding carboxylic acids is 2. The largest absolute Gasteiger partial charge is 0.491 e. The van der Waals surface area contributed by atoms with Crippen LogP contribution in [0, 0.1) is 0 Å². The van der Waals surface area contributed by atoms with Crippen LogP contribution in [0.25, 0.3) is 0 Å². The first-order valence-electron chi connectivity index (χ1n) is 10.4. The average Bonchev–Trinajstić information content (AvgIpc) is 3.60. The highest BCUT2D eigenvalue weighted by Crippen LogP contribution is 2.19. The molecule has 1 saturated heterocycles. The zero-order chi connectivity index (χ0) is 22.1. The molecule has 1 N–H and O–H groups in total. The van der Waals surface area contributed by atoms with Crippen molar-refractivity contribution in [3.63, 3.8) is 0 Å². The van der Waals surface area contributed by atoms with Crippen molar-refractivity contribution in [2.24, 2.45) is 0 Å². The van der Waals surface area contributed by atoms with Crippen molar-refractivity contribution in [3.05, 3.63) is 59.7 Å². The lowest BCUT2D eigenvalue weighted by molar-refractivity contribution is -0.148. The van der Waals surface area contributed by atoms with Gasteiger partial charge < -0.3 is 28.8 Å².